The molecule has 0 aliphatic heterocycles. The van der Waals surface area contributed by atoms with E-state index in [4.69, 9.17) is 0 Å². The second-order valence-electron chi connectivity index (χ2n) is 1.70. The van der Waals surface area contributed by atoms with E-state index in [1.807, 2.05) is 0 Å². The van der Waals surface area contributed by atoms with Crippen molar-refractivity contribution in [3.05, 3.63) is 36.5 Å². The smallest absolute Gasteiger partial charge is 0.185 e. The number of ketones is 1. The van der Waals surface area contributed by atoms with Crippen LogP contribution >= 0.6 is 0 Å². The van der Waals surface area contributed by atoms with Gasteiger partial charge in [-0.15, -0.1) is 0 Å². The molecule has 0 aromatic heterocycles. The van der Waals surface area contributed by atoms with E-state index in [0.29, 0.717) is 5.57 Å². The molecule has 0 heterocycles. The Morgan fingerprint density at radius 3 is 2.00 bits per heavy atom. The van der Waals surface area contributed by atoms with Crippen molar-refractivity contribution >= 4 is 5.78 Å². The molecule has 1 heteroatoms. The molecule has 0 fully saturated rings. The summed E-state index contributed by atoms with van der Waals surface area (Å²) < 4.78 is 0. The van der Waals surface area contributed by atoms with Crippen LogP contribution in [0.3, 0.4) is 0 Å². The lowest BCUT2D eigenvalue weighted by atomic mass is 10.2. The van der Waals surface area contributed by atoms with E-state index in [9.17, 15) is 4.79 Å². The van der Waals surface area contributed by atoms with Gasteiger partial charge < -0.3 is 0 Å². The van der Waals surface area contributed by atoms with Gasteiger partial charge in [-0.1, -0.05) is 19.2 Å². The molecular weight excluding hydrogens is 100 g/mol. The normalized spacial score (nSPS) is 18.2. The molecule has 1 rings (SSSR count). The molecule has 0 unspecified atom stereocenters. The fraction of sp³-hybridized carbons (Fsp3) is 0. The van der Waals surface area contributed by atoms with Crippen LogP contribution in [0.4, 0.5) is 0 Å². The number of hydrogen-bond donors (Lipinski definition) is 0. The van der Waals surface area contributed by atoms with Crippen molar-refractivity contribution in [2.75, 3.05) is 0 Å². The maximum absolute atomic E-state index is 10.5. The largest absolute Gasteiger partial charge is 0.289 e. The van der Waals surface area contributed by atoms with Crippen molar-refractivity contribution in [2.45, 2.75) is 0 Å². The van der Waals surface area contributed by atoms with Gasteiger partial charge >= 0.3 is 0 Å². The molecule has 0 aromatic rings. The Balaban J connectivity index is 3.02. The van der Waals surface area contributed by atoms with E-state index in [1.54, 1.807) is 6.08 Å². The highest BCUT2D eigenvalue weighted by molar-refractivity contribution is 6.11. The number of carbonyl (C=O) groups is 1. The molecule has 0 spiro atoms. The Morgan fingerprint density at radius 2 is 1.88 bits per heavy atom. The molecule has 0 saturated heterocycles. The highest BCUT2D eigenvalue weighted by Crippen LogP contribution is 2.15. The van der Waals surface area contributed by atoms with Crippen molar-refractivity contribution in [2.24, 2.45) is 0 Å². The summed E-state index contributed by atoms with van der Waals surface area (Å²) in [6, 6.07) is 0. The van der Waals surface area contributed by atoms with Crippen LogP contribution in [0.2, 0.25) is 0 Å². The maximum atomic E-state index is 10.5. The first-order chi connectivity index (χ1) is 3.72. The summed E-state index contributed by atoms with van der Waals surface area (Å²) in [6.45, 7) is 7.08. The quantitative estimate of drug-likeness (QED) is 0.424. The third-order valence-corrected chi connectivity index (χ3v) is 1.12. The minimum atomic E-state index is -0.0185. The van der Waals surface area contributed by atoms with Gasteiger partial charge in [-0.05, 0) is 11.6 Å². The van der Waals surface area contributed by atoms with Crippen LogP contribution in [0.5, 0.6) is 0 Å². The highest BCUT2D eigenvalue weighted by Gasteiger charge is 2.10. The summed E-state index contributed by atoms with van der Waals surface area (Å²) in [4.78, 5) is 10.5. The zero-order valence-electron chi connectivity index (χ0n) is 4.48. The lowest BCUT2D eigenvalue weighted by Crippen LogP contribution is -1.88. The molecule has 1 nitrogen and oxygen atoms in total. The molecule has 0 radical (unpaired) electrons. The van der Waals surface area contributed by atoms with E-state index < -0.39 is 0 Å². The predicted octanol–water partition coefficient (Wildman–Crippen LogP) is 1.24. The maximum Gasteiger partial charge on any atom is 0.185 e. The Morgan fingerprint density at radius 1 is 1.25 bits per heavy atom. The summed E-state index contributed by atoms with van der Waals surface area (Å²) in [5.74, 6) is -0.0185. The van der Waals surface area contributed by atoms with Crippen molar-refractivity contribution in [1.82, 2.24) is 0 Å². The second-order valence-corrected chi connectivity index (χ2v) is 1.70. The van der Waals surface area contributed by atoms with E-state index >= 15 is 0 Å². The van der Waals surface area contributed by atoms with Crippen LogP contribution in [0, 0.1) is 0 Å². The Kier molecular flexibility index (Phi) is 0.906. The SMILES string of the molecule is C=C1C=CC(=O)C1=C. The van der Waals surface area contributed by atoms with Crippen LogP contribution in [-0.4, -0.2) is 5.78 Å². The molecule has 1 aliphatic rings. The fourth-order valence-corrected chi connectivity index (χ4v) is 0.536. The molecular formula is C7H6O. The predicted molar refractivity (Wildman–Crippen MR) is 32.4 cm³/mol. The molecule has 0 aromatic carbocycles. The third-order valence-electron chi connectivity index (χ3n) is 1.12. The molecule has 8 heavy (non-hydrogen) atoms. The first kappa shape index (κ1) is 5.04. The van der Waals surface area contributed by atoms with Crippen molar-refractivity contribution in [3.8, 4) is 0 Å². The standard InChI is InChI=1S/C7H6O/c1-5-3-4-7(8)6(5)2/h3-4H,1-2H2. The number of hydrogen-bond acceptors (Lipinski definition) is 1. The molecule has 0 amide bonds. The molecule has 40 valence electrons. The lowest BCUT2D eigenvalue weighted by Gasteiger charge is -1.87. The van der Waals surface area contributed by atoms with Gasteiger partial charge in [0.1, 0.15) is 0 Å². The Bertz CT molecular complexity index is 176. The molecule has 0 saturated carbocycles. The minimum absolute atomic E-state index is 0.0185. The van der Waals surface area contributed by atoms with Crippen LogP contribution in [0.1, 0.15) is 0 Å². The second kappa shape index (κ2) is 1.44. The van der Waals surface area contributed by atoms with Gasteiger partial charge in [0.05, 0.1) is 0 Å². The summed E-state index contributed by atoms with van der Waals surface area (Å²) in [5.41, 5.74) is 1.25. The molecule has 0 bridgehead atoms. The van der Waals surface area contributed by atoms with Crippen molar-refractivity contribution < 1.29 is 4.79 Å². The molecule has 0 N–H and O–H groups in total. The summed E-state index contributed by atoms with van der Waals surface area (Å²) in [5, 5.41) is 0. The van der Waals surface area contributed by atoms with Gasteiger partial charge in [-0.2, -0.15) is 0 Å². The summed E-state index contributed by atoms with van der Waals surface area (Å²) in [6.07, 6.45) is 3.15. The van der Waals surface area contributed by atoms with E-state index in [2.05, 4.69) is 13.2 Å². The summed E-state index contributed by atoms with van der Waals surface area (Å²) in [7, 11) is 0. The fourth-order valence-electron chi connectivity index (χ4n) is 0.536. The van der Waals surface area contributed by atoms with Gasteiger partial charge in [0.2, 0.25) is 0 Å². The Labute approximate surface area is 48.0 Å². The average molecular weight is 106 g/mol. The lowest BCUT2D eigenvalue weighted by molar-refractivity contribution is -0.110. The van der Waals surface area contributed by atoms with Gasteiger partial charge in [0, 0.05) is 5.57 Å². The molecule has 0 atom stereocenters. The molecule has 1 aliphatic carbocycles. The van der Waals surface area contributed by atoms with E-state index in [0.717, 1.165) is 5.57 Å². The van der Waals surface area contributed by atoms with Crippen LogP contribution in [-0.2, 0) is 4.79 Å². The van der Waals surface area contributed by atoms with Crippen molar-refractivity contribution in [1.29, 1.82) is 0 Å². The van der Waals surface area contributed by atoms with Crippen LogP contribution in [0.15, 0.2) is 36.5 Å². The average Bonchev–Trinajstić information content (AvgIpc) is 1.98. The van der Waals surface area contributed by atoms with Gasteiger partial charge in [0.15, 0.2) is 5.78 Å². The Hall–Kier alpha value is -1.11. The number of allylic oxidation sites excluding steroid dienone is 4. The minimum Gasteiger partial charge on any atom is -0.289 e. The van der Waals surface area contributed by atoms with Gasteiger partial charge in [-0.3, -0.25) is 4.79 Å². The number of carbonyl (C=O) groups excluding carboxylic acids is 1. The first-order valence-electron chi connectivity index (χ1n) is 2.32. The van der Waals surface area contributed by atoms with Crippen molar-refractivity contribution in [3.63, 3.8) is 0 Å². The van der Waals surface area contributed by atoms with Crippen LogP contribution < -0.4 is 0 Å². The third kappa shape index (κ3) is 0.523. The van der Waals surface area contributed by atoms with E-state index in [-0.39, 0.29) is 5.78 Å². The zero-order valence-corrected chi connectivity index (χ0v) is 4.48. The number of rotatable bonds is 0. The topological polar surface area (TPSA) is 17.1 Å². The monoisotopic (exact) mass is 106 g/mol. The van der Waals surface area contributed by atoms with Gasteiger partial charge in [-0.25, -0.2) is 0 Å². The van der Waals surface area contributed by atoms with Gasteiger partial charge in [0.25, 0.3) is 0 Å². The van der Waals surface area contributed by atoms with Crippen LogP contribution in [0.25, 0.3) is 0 Å². The zero-order chi connectivity index (χ0) is 6.15. The summed E-state index contributed by atoms with van der Waals surface area (Å²) >= 11 is 0. The highest BCUT2D eigenvalue weighted by atomic mass is 16.1. The first-order valence-corrected chi connectivity index (χ1v) is 2.32. The van der Waals surface area contributed by atoms with E-state index in [1.165, 1.54) is 6.08 Å².